The maximum Gasteiger partial charge on any atom is -0.00559 e. The number of benzene rings is 2. The molecule has 0 saturated heterocycles. The third-order valence-corrected chi connectivity index (χ3v) is 7.74. The van der Waals surface area contributed by atoms with Crippen LogP contribution in [0.25, 0.3) is 11.1 Å². The molecule has 96 valence electrons. The summed E-state index contributed by atoms with van der Waals surface area (Å²) in [7, 11) is -0.478. The highest BCUT2D eigenvalue weighted by molar-refractivity contribution is 7.66. The Morgan fingerprint density at radius 3 is 2.26 bits per heavy atom. The van der Waals surface area contributed by atoms with Crippen molar-refractivity contribution in [3.63, 3.8) is 0 Å². The first kappa shape index (κ1) is 11.6. The van der Waals surface area contributed by atoms with Gasteiger partial charge in [0.2, 0.25) is 0 Å². The molecule has 19 heavy (non-hydrogen) atoms. The first-order valence-corrected chi connectivity index (χ1v) is 9.03. The van der Waals surface area contributed by atoms with Crippen LogP contribution in [0.5, 0.6) is 0 Å². The summed E-state index contributed by atoms with van der Waals surface area (Å²) >= 11 is 0. The van der Waals surface area contributed by atoms with Crippen LogP contribution in [0.2, 0.25) is 0 Å². The van der Waals surface area contributed by atoms with Gasteiger partial charge in [-0.25, -0.2) is 0 Å². The van der Waals surface area contributed by atoms with Crippen LogP contribution in [0, 0.1) is 0 Å². The average molecular weight is 266 g/mol. The second kappa shape index (κ2) is 4.69. The van der Waals surface area contributed by atoms with Crippen molar-refractivity contribution in [2.45, 2.75) is 31.8 Å². The van der Waals surface area contributed by atoms with Crippen LogP contribution in [0.4, 0.5) is 0 Å². The predicted molar refractivity (Wildman–Crippen MR) is 87.0 cm³/mol. The van der Waals surface area contributed by atoms with Gasteiger partial charge in [-0.05, 0) is 53.8 Å². The Labute approximate surface area is 115 Å². The van der Waals surface area contributed by atoms with Crippen molar-refractivity contribution in [1.82, 2.24) is 0 Å². The monoisotopic (exact) mass is 266 g/mol. The Kier molecular flexibility index (Phi) is 2.85. The maximum absolute atomic E-state index is 2.39. The van der Waals surface area contributed by atoms with E-state index in [1.807, 2.05) is 5.29 Å². The molecule has 1 saturated carbocycles. The molecule has 0 N–H and O–H groups in total. The molecule has 1 fully saturated rings. The van der Waals surface area contributed by atoms with E-state index in [9.17, 15) is 0 Å². The number of hydrogen-bond donors (Lipinski definition) is 0. The van der Waals surface area contributed by atoms with Gasteiger partial charge in [-0.2, -0.15) is 0 Å². The highest BCUT2D eigenvalue weighted by Crippen LogP contribution is 2.44. The molecule has 0 radical (unpaired) electrons. The molecule has 1 heterocycles. The zero-order valence-corrected chi connectivity index (χ0v) is 12.2. The summed E-state index contributed by atoms with van der Waals surface area (Å²) in [6, 6.07) is 18.2. The highest BCUT2D eigenvalue weighted by atomic mass is 31.1. The lowest BCUT2D eigenvalue weighted by Gasteiger charge is -2.25. The lowest BCUT2D eigenvalue weighted by molar-refractivity contribution is 0.886. The summed E-state index contributed by atoms with van der Waals surface area (Å²) in [4.78, 5) is 0. The van der Waals surface area contributed by atoms with Gasteiger partial charge in [0.1, 0.15) is 0 Å². The molecule has 0 amide bonds. The highest BCUT2D eigenvalue weighted by Gasteiger charge is 2.21. The smallest absolute Gasteiger partial charge is 0.00559 e. The first-order chi connectivity index (χ1) is 9.43. The number of rotatable bonds is 0. The van der Waals surface area contributed by atoms with Gasteiger partial charge >= 0.3 is 0 Å². The molecule has 2 aromatic rings. The van der Waals surface area contributed by atoms with Crippen molar-refractivity contribution >= 4 is 18.1 Å². The van der Waals surface area contributed by atoms with Crippen LogP contribution in [-0.4, -0.2) is 5.29 Å². The molecule has 2 aromatic carbocycles. The second-order valence-electron chi connectivity index (χ2n) is 5.67. The Hall–Kier alpha value is -1.26. The van der Waals surface area contributed by atoms with Gasteiger partial charge in [0.15, 0.2) is 0 Å². The molecule has 4 rings (SSSR count). The van der Waals surface area contributed by atoms with E-state index >= 15 is 0 Å². The second-order valence-corrected chi connectivity index (χ2v) is 8.23. The average Bonchev–Trinajstić information content (AvgIpc) is 3.00. The van der Waals surface area contributed by atoms with Crippen molar-refractivity contribution in [3.05, 3.63) is 54.1 Å². The SMILES string of the molecule is c1ccc2c(c1)C[PH](=C1CCCC1)c1ccccc1-2. The van der Waals surface area contributed by atoms with Crippen LogP contribution >= 0.6 is 7.55 Å². The van der Waals surface area contributed by atoms with E-state index in [0.717, 1.165) is 0 Å². The minimum Gasteiger partial charge on any atom is -0.0857 e. The number of fused-ring (bicyclic) bond motifs is 3. The van der Waals surface area contributed by atoms with Crippen LogP contribution in [0.15, 0.2) is 48.5 Å². The van der Waals surface area contributed by atoms with Gasteiger partial charge in [0, 0.05) is 0 Å². The summed E-state index contributed by atoms with van der Waals surface area (Å²) < 4.78 is 0. The summed E-state index contributed by atoms with van der Waals surface area (Å²) in [6.07, 6.45) is 6.95. The van der Waals surface area contributed by atoms with Crippen molar-refractivity contribution in [2.75, 3.05) is 0 Å². The van der Waals surface area contributed by atoms with E-state index in [2.05, 4.69) is 48.5 Å². The van der Waals surface area contributed by atoms with Crippen molar-refractivity contribution < 1.29 is 0 Å². The van der Waals surface area contributed by atoms with Gasteiger partial charge in [0.05, 0.1) is 0 Å². The largest absolute Gasteiger partial charge is 0.0857 e. The standard InChI is InChI=1S/C18H19P/c1-4-10-16-14(7-1)13-19(15-8-2-3-9-15)18-12-6-5-11-17(16)18/h1,4-7,10-12,19H,2-3,8-9,13H2. The normalized spacial score (nSPS) is 21.1. The molecule has 0 nitrogen and oxygen atoms in total. The van der Waals surface area contributed by atoms with Gasteiger partial charge in [0.25, 0.3) is 0 Å². The quantitative estimate of drug-likeness (QED) is 0.618. The minimum atomic E-state index is -0.478. The van der Waals surface area contributed by atoms with Crippen molar-refractivity contribution in [1.29, 1.82) is 0 Å². The summed E-state index contributed by atoms with van der Waals surface area (Å²) in [5.74, 6) is 0. The zero-order valence-electron chi connectivity index (χ0n) is 11.2. The van der Waals surface area contributed by atoms with Crippen molar-refractivity contribution in [2.24, 2.45) is 0 Å². The molecule has 0 bridgehead atoms. The minimum absolute atomic E-state index is 0.478. The molecule has 1 unspecified atom stereocenters. The van der Waals surface area contributed by atoms with E-state index in [4.69, 9.17) is 0 Å². The first-order valence-electron chi connectivity index (χ1n) is 7.32. The molecule has 1 heteroatoms. The molecule has 0 spiro atoms. The van der Waals surface area contributed by atoms with Crippen LogP contribution in [0.1, 0.15) is 31.2 Å². The predicted octanol–water partition coefficient (Wildman–Crippen LogP) is 4.45. The fourth-order valence-corrected chi connectivity index (χ4v) is 6.93. The van der Waals surface area contributed by atoms with Gasteiger partial charge in [-0.3, -0.25) is 0 Å². The lowest BCUT2D eigenvalue weighted by Crippen LogP contribution is -2.12. The molecule has 1 aliphatic heterocycles. The van der Waals surface area contributed by atoms with E-state index in [-0.39, 0.29) is 0 Å². The summed E-state index contributed by atoms with van der Waals surface area (Å²) in [5.41, 5.74) is 4.57. The van der Waals surface area contributed by atoms with E-state index < -0.39 is 7.55 Å². The Morgan fingerprint density at radius 1 is 0.737 bits per heavy atom. The maximum atomic E-state index is 2.39. The van der Waals surface area contributed by atoms with E-state index in [1.54, 1.807) is 10.9 Å². The van der Waals surface area contributed by atoms with Gasteiger partial charge in [-0.1, -0.05) is 61.4 Å². The fraction of sp³-hybridized carbons (Fsp3) is 0.278. The molecular formula is C18H19P. The molecule has 1 atom stereocenters. The topological polar surface area (TPSA) is 0 Å². The van der Waals surface area contributed by atoms with Crippen LogP contribution < -0.4 is 5.30 Å². The summed E-state index contributed by atoms with van der Waals surface area (Å²) in [5, 5.41) is 3.56. The zero-order chi connectivity index (χ0) is 12.7. The lowest BCUT2D eigenvalue weighted by atomic mass is 10.0. The Balaban J connectivity index is 1.98. The van der Waals surface area contributed by atoms with E-state index in [1.165, 1.54) is 43.0 Å². The third-order valence-electron chi connectivity index (χ3n) is 4.56. The molecule has 2 aliphatic rings. The van der Waals surface area contributed by atoms with Gasteiger partial charge in [-0.15, -0.1) is 0 Å². The van der Waals surface area contributed by atoms with Crippen molar-refractivity contribution in [3.8, 4) is 11.1 Å². The van der Waals surface area contributed by atoms with E-state index in [0.29, 0.717) is 0 Å². The Bertz CT molecular complexity index is 659. The Morgan fingerprint density at radius 2 is 1.42 bits per heavy atom. The molecule has 0 aromatic heterocycles. The molecule has 1 aliphatic carbocycles. The fourth-order valence-electron chi connectivity index (χ4n) is 3.62. The van der Waals surface area contributed by atoms with Gasteiger partial charge < -0.3 is 0 Å². The van der Waals surface area contributed by atoms with Crippen LogP contribution in [-0.2, 0) is 6.16 Å². The number of hydrogen-bond acceptors (Lipinski definition) is 0. The third kappa shape index (κ3) is 1.90. The van der Waals surface area contributed by atoms with Crippen LogP contribution in [0.3, 0.4) is 0 Å². The summed E-state index contributed by atoms with van der Waals surface area (Å²) in [6.45, 7) is 0. The molecular weight excluding hydrogens is 247 g/mol.